The van der Waals surface area contributed by atoms with E-state index in [1.54, 1.807) is 35.3 Å². The third kappa shape index (κ3) is 5.14. The molecule has 1 fully saturated rings. The van der Waals surface area contributed by atoms with Crippen molar-refractivity contribution in [1.29, 1.82) is 0 Å². The van der Waals surface area contributed by atoms with Crippen molar-refractivity contribution in [1.82, 2.24) is 10.2 Å². The third-order valence-corrected chi connectivity index (χ3v) is 4.95. The molecule has 7 heteroatoms. The highest BCUT2D eigenvalue weighted by Gasteiger charge is 2.23. The SMILES string of the molecule is CCOC(=O)N1CCC(NC(=O)/C=C/c2ccc(Br)s2)CC1. The molecule has 0 atom stereocenters. The van der Waals surface area contributed by atoms with Crippen LogP contribution in [-0.4, -0.2) is 42.6 Å². The van der Waals surface area contributed by atoms with Crippen molar-refractivity contribution in [3.05, 3.63) is 26.9 Å². The molecule has 1 aliphatic heterocycles. The molecule has 1 aliphatic rings. The van der Waals surface area contributed by atoms with E-state index in [0.717, 1.165) is 21.5 Å². The van der Waals surface area contributed by atoms with Crippen LogP contribution in [0.1, 0.15) is 24.6 Å². The third-order valence-electron chi connectivity index (χ3n) is 3.36. The Morgan fingerprint density at radius 2 is 2.18 bits per heavy atom. The van der Waals surface area contributed by atoms with Crippen LogP contribution >= 0.6 is 27.3 Å². The number of nitrogens with one attached hydrogen (secondary N) is 1. The minimum Gasteiger partial charge on any atom is -0.450 e. The van der Waals surface area contributed by atoms with Gasteiger partial charge in [-0.2, -0.15) is 0 Å². The summed E-state index contributed by atoms with van der Waals surface area (Å²) in [4.78, 5) is 26.2. The van der Waals surface area contributed by atoms with E-state index < -0.39 is 0 Å². The van der Waals surface area contributed by atoms with Gasteiger partial charge in [0.1, 0.15) is 0 Å². The Hall–Kier alpha value is -1.34. The molecule has 1 aromatic rings. The first-order chi connectivity index (χ1) is 10.6. The summed E-state index contributed by atoms with van der Waals surface area (Å²) in [6.45, 7) is 3.42. The van der Waals surface area contributed by atoms with Crippen LogP contribution < -0.4 is 5.32 Å². The molecule has 2 rings (SSSR count). The molecule has 2 amide bonds. The Morgan fingerprint density at radius 1 is 1.45 bits per heavy atom. The molecule has 0 spiro atoms. The minimum atomic E-state index is -0.268. The number of amides is 2. The first-order valence-corrected chi connectivity index (χ1v) is 8.85. The van der Waals surface area contributed by atoms with Crippen molar-refractivity contribution in [3.63, 3.8) is 0 Å². The lowest BCUT2D eigenvalue weighted by Crippen LogP contribution is -2.46. The zero-order chi connectivity index (χ0) is 15.9. The standard InChI is InChI=1S/C15H19BrN2O3S/c1-2-21-15(20)18-9-7-11(8-10-18)17-14(19)6-4-12-3-5-13(16)22-12/h3-6,11H,2,7-10H2,1H3,(H,17,19)/b6-4+. The van der Waals surface area contributed by atoms with Gasteiger partial charge in [0.15, 0.2) is 0 Å². The Kier molecular flexibility index (Phi) is 6.45. The normalized spacial score (nSPS) is 16.0. The van der Waals surface area contributed by atoms with E-state index in [1.165, 1.54) is 0 Å². The fraction of sp³-hybridized carbons (Fsp3) is 0.467. The highest BCUT2D eigenvalue weighted by Crippen LogP contribution is 2.22. The number of hydrogen-bond donors (Lipinski definition) is 1. The van der Waals surface area contributed by atoms with Gasteiger partial charge in [-0.3, -0.25) is 4.79 Å². The van der Waals surface area contributed by atoms with E-state index >= 15 is 0 Å². The van der Waals surface area contributed by atoms with Gasteiger partial charge < -0.3 is 15.0 Å². The van der Waals surface area contributed by atoms with Crippen molar-refractivity contribution in [2.45, 2.75) is 25.8 Å². The minimum absolute atomic E-state index is 0.0980. The van der Waals surface area contributed by atoms with Gasteiger partial charge >= 0.3 is 6.09 Å². The van der Waals surface area contributed by atoms with Crippen molar-refractivity contribution < 1.29 is 14.3 Å². The van der Waals surface area contributed by atoms with Crippen LogP contribution in [0.3, 0.4) is 0 Å². The summed E-state index contributed by atoms with van der Waals surface area (Å²) in [6.07, 6.45) is 4.59. The Bertz CT molecular complexity index is 551. The second-order valence-corrected chi connectivity index (χ2v) is 7.44. The van der Waals surface area contributed by atoms with Crippen molar-refractivity contribution in [3.8, 4) is 0 Å². The summed E-state index contributed by atoms with van der Waals surface area (Å²) >= 11 is 4.96. The highest BCUT2D eigenvalue weighted by molar-refractivity contribution is 9.11. The quantitative estimate of drug-likeness (QED) is 0.807. The molecule has 120 valence electrons. The summed E-state index contributed by atoms with van der Waals surface area (Å²) in [7, 11) is 0. The van der Waals surface area contributed by atoms with Gasteiger partial charge in [0, 0.05) is 30.1 Å². The van der Waals surface area contributed by atoms with Crippen LogP contribution in [-0.2, 0) is 9.53 Å². The Labute approximate surface area is 142 Å². The molecule has 2 heterocycles. The maximum absolute atomic E-state index is 11.9. The summed E-state index contributed by atoms with van der Waals surface area (Å²) in [5, 5.41) is 2.98. The number of ether oxygens (including phenoxy) is 1. The molecule has 0 radical (unpaired) electrons. The van der Waals surface area contributed by atoms with Crippen molar-refractivity contribution in [2.24, 2.45) is 0 Å². The Balaban J connectivity index is 1.74. The van der Waals surface area contributed by atoms with Crippen LogP contribution in [0.5, 0.6) is 0 Å². The predicted molar refractivity (Wildman–Crippen MR) is 90.8 cm³/mol. The number of carbonyl (C=O) groups is 2. The van der Waals surface area contributed by atoms with Crippen LogP contribution in [0.15, 0.2) is 22.0 Å². The molecule has 0 saturated carbocycles. The molecule has 1 aromatic heterocycles. The number of halogens is 1. The largest absolute Gasteiger partial charge is 0.450 e. The van der Waals surface area contributed by atoms with Gasteiger partial charge in [-0.05, 0) is 53.9 Å². The van der Waals surface area contributed by atoms with Crippen LogP contribution in [0.25, 0.3) is 6.08 Å². The lowest BCUT2D eigenvalue weighted by Gasteiger charge is -2.31. The molecule has 0 aliphatic carbocycles. The van der Waals surface area contributed by atoms with E-state index in [4.69, 9.17) is 4.74 Å². The molecule has 5 nitrogen and oxygen atoms in total. The van der Waals surface area contributed by atoms with Gasteiger partial charge in [0.25, 0.3) is 0 Å². The maximum atomic E-state index is 11.9. The molecule has 22 heavy (non-hydrogen) atoms. The van der Waals surface area contributed by atoms with Gasteiger partial charge in [-0.25, -0.2) is 4.79 Å². The maximum Gasteiger partial charge on any atom is 0.409 e. The van der Waals surface area contributed by atoms with E-state index in [2.05, 4.69) is 21.2 Å². The summed E-state index contributed by atoms with van der Waals surface area (Å²) in [6, 6.07) is 4.02. The monoisotopic (exact) mass is 386 g/mol. The molecular weight excluding hydrogens is 368 g/mol. The van der Waals surface area contributed by atoms with Crippen LogP contribution in [0.4, 0.5) is 4.79 Å². The van der Waals surface area contributed by atoms with Gasteiger partial charge in [0.05, 0.1) is 10.4 Å². The summed E-state index contributed by atoms with van der Waals surface area (Å²) in [5.74, 6) is -0.0980. The second-order valence-electron chi connectivity index (χ2n) is 4.94. The smallest absolute Gasteiger partial charge is 0.409 e. The highest BCUT2D eigenvalue weighted by atomic mass is 79.9. The zero-order valence-corrected chi connectivity index (χ0v) is 14.8. The number of carbonyl (C=O) groups excluding carboxylic acids is 2. The fourth-order valence-electron chi connectivity index (χ4n) is 2.25. The number of thiophene rings is 1. The number of likely N-dealkylation sites (tertiary alicyclic amines) is 1. The van der Waals surface area contributed by atoms with E-state index in [9.17, 15) is 9.59 Å². The lowest BCUT2D eigenvalue weighted by molar-refractivity contribution is -0.117. The summed E-state index contributed by atoms with van der Waals surface area (Å²) in [5.41, 5.74) is 0. The second kappa shape index (κ2) is 8.33. The molecule has 0 bridgehead atoms. The molecule has 1 N–H and O–H groups in total. The van der Waals surface area contributed by atoms with Crippen molar-refractivity contribution in [2.75, 3.05) is 19.7 Å². The average Bonchev–Trinajstić information content (AvgIpc) is 2.92. The number of hydrogen-bond acceptors (Lipinski definition) is 4. The van der Waals surface area contributed by atoms with Gasteiger partial charge in [-0.15, -0.1) is 11.3 Å². The zero-order valence-electron chi connectivity index (χ0n) is 12.4. The fourth-order valence-corrected chi connectivity index (χ4v) is 3.57. The number of piperidine rings is 1. The van der Waals surface area contributed by atoms with Crippen LogP contribution in [0.2, 0.25) is 0 Å². The van der Waals surface area contributed by atoms with Crippen LogP contribution in [0, 0.1) is 0 Å². The number of nitrogens with zero attached hydrogens (tertiary/aromatic N) is 1. The van der Waals surface area contributed by atoms with Gasteiger partial charge in [-0.1, -0.05) is 0 Å². The summed E-state index contributed by atoms with van der Waals surface area (Å²) < 4.78 is 6.01. The van der Waals surface area contributed by atoms with Crippen molar-refractivity contribution >= 4 is 45.3 Å². The van der Waals surface area contributed by atoms with E-state index in [1.807, 2.05) is 12.1 Å². The number of rotatable bonds is 4. The molecule has 0 aromatic carbocycles. The average molecular weight is 387 g/mol. The molecule has 0 unspecified atom stereocenters. The Morgan fingerprint density at radius 3 is 2.77 bits per heavy atom. The van der Waals surface area contributed by atoms with Gasteiger partial charge in [0.2, 0.25) is 5.91 Å². The van der Waals surface area contributed by atoms with E-state index in [0.29, 0.717) is 19.7 Å². The lowest BCUT2D eigenvalue weighted by atomic mass is 10.1. The first-order valence-electron chi connectivity index (χ1n) is 7.24. The van der Waals surface area contributed by atoms with E-state index in [-0.39, 0.29) is 18.0 Å². The first kappa shape index (κ1) is 17.0. The molecular formula is C15H19BrN2O3S. The molecule has 1 saturated heterocycles. The predicted octanol–water partition coefficient (Wildman–Crippen LogP) is 3.26. The topological polar surface area (TPSA) is 58.6 Å².